The van der Waals surface area contributed by atoms with Crippen LogP contribution in [0.4, 0.5) is 0 Å². The predicted molar refractivity (Wildman–Crippen MR) is 76.3 cm³/mol. The molecule has 0 saturated carbocycles. The fraction of sp³-hybridized carbons (Fsp3) is 0.800. The smallest absolute Gasteiger partial charge is 0.224 e. The first kappa shape index (κ1) is 17.0. The van der Waals surface area contributed by atoms with Gasteiger partial charge in [-0.15, -0.1) is 5.92 Å². The zero-order valence-electron chi connectivity index (χ0n) is 12.5. The number of hydrogen-bond donors (Lipinski definition) is 0. The number of carbonyl (C=O) groups excluding carboxylic acids is 1. The number of methoxy groups -OCH3 is 1. The molecule has 0 spiro atoms. The van der Waals surface area contributed by atoms with Gasteiger partial charge in [0.15, 0.2) is 0 Å². The molecule has 1 fully saturated rings. The molecule has 1 saturated heterocycles. The van der Waals surface area contributed by atoms with Crippen LogP contribution in [0, 0.1) is 11.8 Å². The number of likely N-dealkylation sites (tertiary alicyclic amines) is 1. The van der Waals surface area contributed by atoms with Crippen LogP contribution < -0.4 is 0 Å². The molecule has 20 heavy (non-hydrogen) atoms. The highest BCUT2D eigenvalue weighted by atomic mass is 16.5. The Bertz CT molecular complexity index is 327. The molecule has 5 heteroatoms. The third-order valence-electron chi connectivity index (χ3n) is 3.31. The summed E-state index contributed by atoms with van der Waals surface area (Å²) >= 11 is 0. The molecule has 0 aromatic carbocycles. The summed E-state index contributed by atoms with van der Waals surface area (Å²) in [6.45, 7) is 5.26. The number of carbonyl (C=O) groups is 1. The molecule has 0 atom stereocenters. The molecule has 1 amide bonds. The molecule has 1 aliphatic rings. The Kier molecular flexibility index (Phi) is 9.05. The summed E-state index contributed by atoms with van der Waals surface area (Å²) in [5, 5.41) is 0. The van der Waals surface area contributed by atoms with Crippen molar-refractivity contribution in [3.8, 4) is 11.8 Å². The summed E-state index contributed by atoms with van der Waals surface area (Å²) < 4.78 is 15.9. The summed E-state index contributed by atoms with van der Waals surface area (Å²) in [5.74, 6) is 5.73. The highest BCUT2D eigenvalue weighted by Gasteiger charge is 2.21. The van der Waals surface area contributed by atoms with E-state index < -0.39 is 0 Å². The van der Waals surface area contributed by atoms with Crippen LogP contribution in [0.1, 0.15) is 26.2 Å². The number of piperidine rings is 1. The van der Waals surface area contributed by atoms with Gasteiger partial charge >= 0.3 is 0 Å². The van der Waals surface area contributed by atoms with Gasteiger partial charge in [-0.2, -0.15) is 0 Å². The molecule has 5 nitrogen and oxygen atoms in total. The Labute approximate surface area is 121 Å². The number of nitrogens with zero attached hydrogens (tertiary/aromatic N) is 1. The first-order chi connectivity index (χ1) is 9.77. The molecular formula is C15H25NO4. The van der Waals surface area contributed by atoms with Crippen molar-refractivity contribution in [3.05, 3.63) is 0 Å². The maximum absolute atomic E-state index is 11.9. The van der Waals surface area contributed by atoms with Crippen LogP contribution in [0.15, 0.2) is 0 Å². The van der Waals surface area contributed by atoms with Gasteiger partial charge in [0.1, 0.15) is 6.61 Å². The first-order valence-electron chi connectivity index (χ1n) is 7.13. The number of ether oxygens (including phenoxy) is 3. The second-order valence-electron chi connectivity index (χ2n) is 4.66. The van der Waals surface area contributed by atoms with Crippen molar-refractivity contribution in [2.24, 2.45) is 0 Å². The van der Waals surface area contributed by atoms with Gasteiger partial charge in [-0.25, -0.2) is 0 Å². The summed E-state index contributed by atoms with van der Waals surface area (Å²) in [4.78, 5) is 13.8. The quantitative estimate of drug-likeness (QED) is 0.494. The van der Waals surface area contributed by atoms with Crippen molar-refractivity contribution in [2.75, 3.05) is 46.6 Å². The molecule has 1 aliphatic heterocycles. The highest BCUT2D eigenvalue weighted by molar-refractivity contribution is 5.76. The maximum Gasteiger partial charge on any atom is 0.224 e. The molecule has 0 aromatic rings. The minimum atomic E-state index is 0.164. The molecule has 114 valence electrons. The average molecular weight is 283 g/mol. The van der Waals surface area contributed by atoms with E-state index in [1.165, 1.54) is 0 Å². The second-order valence-corrected chi connectivity index (χ2v) is 4.66. The fourth-order valence-corrected chi connectivity index (χ4v) is 2.07. The number of rotatable bonds is 8. The Morgan fingerprint density at radius 1 is 1.20 bits per heavy atom. The zero-order chi connectivity index (χ0) is 14.6. The van der Waals surface area contributed by atoms with Gasteiger partial charge in [0.25, 0.3) is 0 Å². The van der Waals surface area contributed by atoms with Gasteiger partial charge in [0, 0.05) is 20.2 Å². The Hall–Kier alpha value is -1.09. The lowest BCUT2D eigenvalue weighted by Gasteiger charge is -2.31. The predicted octanol–water partition coefficient (Wildman–Crippen LogP) is 1.07. The van der Waals surface area contributed by atoms with E-state index in [1.54, 1.807) is 14.0 Å². The SMILES string of the molecule is CC#CCOCCOCCC(=O)N1CCC(OC)CC1. The zero-order valence-corrected chi connectivity index (χ0v) is 12.5. The van der Waals surface area contributed by atoms with Crippen LogP contribution >= 0.6 is 0 Å². The average Bonchev–Trinajstić information content (AvgIpc) is 2.50. The lowest BCUT2D eigenvalue weighted by molar-refractivity contribution is -0.134. The van der Waals surface area contributed by atoms with Crippen molar-refractivity contribution < 1.29 is 19.0 Å². The van der Waals surface area contributed by atoms with Crippen LogP contribution in [0.25, 0.3) is 0 Å². The molecule has 0 unspecified atom stereocenters. The van der Waals surface area contributed by atoms with E-state index in [-0.39, 0.29) is 5.91 Å². The third kappa shape index (κ3) is 6.90. The summed E-state index contributed by atoms with van der Waals surface area (Å²) in [6.07, 6.45) is 2.59. The highest BCUT2D eigenvalue weighted by Crippen LogP contribution is 2.13. The molecule has 0 aromatic heterocycles. The summed E-state index contributed by atoms with van der Waals surface area (Å²) in [7, 11) is 1.73. The Morgan fingerprint density at radius 2 is 1.90 bits per heavy atom. The van der Waals surface area contributed by atoms with Gasteiger partial charge in [-0.3, -0.25) is 4.79 Å². The normalized spacial score (nSPS) is 15.8. The number of hydrogen-bond acceptors (Lipinski definition) is 4. The molecular weight excluding hydrogens is 258 g/mol. The second kappa shape index (κ2) is 10.7. The van der Waals surface area contributed by atoms with Gasteiger partial charge in [-0.05, 0) is 19.8 Å². The molecule has 0 bridgehead atoms. The van der Waals surface area contributed by atoms with Crippen LogP contribution in [0.2, 0.25) is 0 Å². The minimum absolute atomic E-state index is 0.164. The minimum Gasteiger partial charge on any atom is -0.381 e. The first-order valence-corrected chi connectivity index (χ1v) is 7.13. The van der Waals surface area contributed by atoms with Crippen LogP contribution in [-0.4, -0.2) is 63.5 Å². The standard InChI is InChI=1S/C15H25NO4/c1-3-4-10-19-12-13-20-11-7-15(17)16-8-5-14(18-2)6-9-16/h14H,5-13H2,1-2H3. The lowest BCUT2D eigenvalue weighted by Crippen LogP contribution is -2.40. The summed E-state index contributed by atoms with van der Waals surface area (Å²) in [5.41, 5.74) is 0. The third-order valence-corrected chi connectivity index (χ3v) is 3.31. The molecule has 1 heterocycles. The molecule has 1 rings (SSSR count). The Morgan fingerprint density at radius 3 is 2.55 bits per heavy atom. The fourth-order valence-electron chi connectivity index (χ4n) is 2.07. The Balaban J connectivity index is 1.98. The van der Waals surface area contributed by atoms with E-state index in [4.69, 9.17) is 14.2 Å². The van der Waals surface area contributed by atoms with Crippen molar-refractivity contribution in [2.45, 2.75) is 32.3 Å². The largest absolute Gasteiger partial charge is 0.381 e. The topological polar surface area (TPSA) is 48.0 Å². The lowest BCUT2D eigenvalue weighted by atomic mass is 10.1. The van der Waals surface area contributed by atoms with Crippen molar-refractivity contribution in [3.63, 3.8) is 0 Å². The molecule has 0 radical (unpaired) electrons. The van der Waals surface area contributed by atoms with Gasteiger partial charge in [0.05, 0.1) is 32.3 Å². The van der Waals surface area contributed by atoms with Crippen molar-refractivity contribution >= 4 is 5.91 Å². The molecule has 0 N–H and O–H groups in total. The van der Waals surface area contributed by atoms with Gasteiger partial charge in [0.2, 0.25) is 5.91 Å². The van der Waals surface area contributed by atoms with E-state index in [9.17, 15) is 4.79 Å². The van der Waals surface area contributed by atoms with E-state index in [0.29, 0.717) is 39.0 Å². The number of amides is 1. The van der Waals surface area contributed by atoms with Crippen LogP contribution in [0.3, 0.4) is 0 Å². The maximum atomic E-state index is 11.9. The van der Waals surface area contributed by atoms with E-state index in [1.807, 2.05) is 4.90 Å². The van der Waals surface area contributed by atoms with Gasteiger partial charge < -0.3 is 19.1 Å². The van der Waals surface area contributed by atoms with Crippen molar-refractivity contribution in [1.82, 2.24) is 4.90 Å². The van der Waals surface area contributed by atoms with Crippen LogP contribution in [-0.2, 0) is 19.0 Å². The van der Waals surface area contributed by atoms with E-state index in [2.05, 4.69) is 11.8 Å². The van der Waals surface area contributed by atoms with E-state index >= 15 is 0 Å². The van der Waals surface area contributed by atoms with Crippen molar-refractivity contribution in [1.29, 1.82) is 0 Å². The monoisotopic (exact) mass is 283 g/mol. The summed E-state index contributed by atoms with van der Waals surface area (Å²) in [6, 6.07) is 0. The van der Waals surface area contributed by atoms with Crippen LogP contribution in [0.5, 0.6) is 0 Å². The van der Waals surface area contributed by atoms with Gasteiger partial charge in [-0.1, -0.05) is 5.92 Å². The van der Waals surface area contributed by atoms with E-state index in [0.717, 1.165) is 25.9 Å². The molecule has 0 aliphatic carbocycles.